The third-order valence-electron chi connectivity index (χ3n) is 4.77. The van der Waals surface area contributed by atoms with E-state index in [-0.39, 0.29) is 6.04 Å². The summed E-state index contributed by atoms with van der Waals surface area (Å²) in [5, 5.41) is 0. The Hall–Kier alpha value is -0.610. The lowest BCUT2D eigenvalue weighted by molar-refractivity contribution is -0.136. The van der Waals surface area contributed by atoms with Gasteiger partial charge in [-0.3, -0.25) is 9.69 Å². The maximum absolute atomic E-state index is 12.4. The number of nitrogens with two attached hydrogens (primary N) is 1. The largest absolute Gasteiger partial charge is 0.339 e. The van der Waals surface area contributed by atoms with Crippen molar-refractivity contribution in [1.82, 2.24) is 9.80 Å². The molecule has 2 N–H and O–H groups in total. The molecule has 2 heterocycles. The highest BCUT2D eigenvalue weighted by molar-refractivity contribution is 5.78. The minimum Gasteiger partial charge on any atom is -0.339 e. The van der Waals surface area contributed by atoms with Gasteiger partial charge < -0.3 is 10.6 Å². The first-order valence-electron chi connectivity index (χ1n) is 7.85. The van der Waals surface area contributed by atoms with Crippen molar-refractivity contribution in [2.45, 2.75) is 58.0 Å². The molecule has 2 saturated heterocycles. The number of hydrogen-bond acceptors (Lipinski definition) is 3. The van der Waals surface area contributed by atoms with Crippen LogP contribution in [0.1, 0.15) is 46.0 Å². The summed E-state index contributed by atoms with van der Waals surface area (Å²) in [5.41, 5.74) is 6.00. The van der Waals surface area contributed by atoms with Crippen LogP contribution in [0.25, 0.3) is 0 Å². The molecular weight excluding hydrogens is 238 g/mol. The molecule has 3 unspecified atom stereocenters. The second-order valence-electron chi connectivity index (χ2n) is 6.43. The van der Waals surface area contributed by atoms with E-state index in [9.17, 15) is 4.79 Å². The number of likely N-dealkylation sites (tertiary alicyclic amines) is 2. The first kappa shape index (κ1) is 14.8. The maximum atomic E-state index is 12.4. The Morgan fingerprint density at radius 3 is 2.74 bits per heavy atom. The van der Waals surface area contributed by atoms with Gasteiger partial charge in [0.05, 0.1) is 6.54 Å². The van der Waals surface area contributed by atoms with Crippen molar-refractivity contribution >= 4 is 5.91 Å². The van der Waals surface area contributed by atoms with Crippen molar-refractivity contribution in [3.8, 4) is 0 Å². The standard InChI is InChI=1S/C15H29N3O/c1-12-6-3-4-9-18(12)15(19)11-17-8-5-7-14(10-17)13(2)16/h12-14H,3-11,16H2,1-2H3. The van der Waals surface area contributed by atoms with Gasteiger partial charge in [-0.05, 0) is 58.4 Å². The number of hydrogen-bond donors (Lipinski definition) is 1. The fourth-order valence-electron chi connectivity index (χ4n) is 3.41. The van der Waals surface area contributed by atoms with Gasteiger partial charge in [0, 0.05) is 25.2 Å². The summed E-state index contributed by atoms with van der Waals surface area (Å²) in [5.74, 6) is 0.873. The number of rotatable bonds is 3. The third-order valence-corrected chi connectivity index (χ3v) is 4.77. The van der Waals surface area contributed by atoms with E-state index < -0.39 is 0 Å². The van der Waals surface area contributed by atoms with Crippen LogP contribution in [-0.2, 0) is 4.79 Å². The highest BCUT2D eigenvalue weighted by Crippen LogP contribution is 2.20. The molecule has 2 aliphatic rings. The molecule has 2 rings (SSSR count). The van der Waals surface area contributed by atoms with Crippen LogP contribution in [0, 0.1) is 5.92 Å². The zero-order valence-electron chi connectivity index (χ0n) is 12.5. The number of carbonyl (C=O) groups is 1. The second-order valence-corrected chi connectivity index (χ2v) is 6.43. The molecule has 19 heavy (non-hydrogen) atoms. The van der Waals surface area contributed by atoms with E-state index in [1.54, 1.807) is 0 Å². The summed E-state index contributed by atoms with van der Waals surface area (Å²) in [6.45, 7) is 7.85. The molecule has 0 saturated carbocycles. The van der Waals surface area contributed by atoms with E-state index in [0.29, 0.717) is 24.4 Å². The Balaban J connectivity index is 1.84. The summed E-state index contributed by atoms with van der Waals surface area (Å²) in [6, 6.07) is 0.669. The molecule has 2 fully saturated rings. The summed E-state index contributed by atoms with van der Waals surface area (Å²) in [6.07, 6.45) is 5.98. The summed E-state index contributed by atoms with van der Waals surface area (Å²) in [4.78, 5) is 16.8. The van der Waals surface area contributed by atoms with Crippen LogP contribution >= 0.6 is 0 Å². The number of nitrogens with zero attached hydrogens (tertiary/aromatic N) is 2. The molecule has 1 amide bonds. The SMILES string of the molecule is CC(N)C1CCCN(CC(=O)N2CCCCC2C)C1. The number of piperidine rings is 2. The molecular formula is C15H29N3O. The van der Waals surface area contributed by atoms with E-state index in [0.717, 1.165) is 26.1 Å². The summed E-state index contributed by atoms with van der Waals surface area (Å²) >= 11 is 0. The minimum absolute atomic E-state index is 0.242. The smallest absolute Gasteiger partial charge is 0.236 e. The topological polar surface area (TPSA) is 49.6 Å². The van der Waals surface area contributed by atoms with Gasteiger partial charge in [-0.1, -0.05) is 0 Å². The van der Waals surface area contributed by atoms with E-state index in [4.69, 9.17) is 5.73 Å². The highest BCUT2D eigenvalue weighted by Gasteiger charge is 2.28. The predicted molar refractivity (Wildman–Crippen MR) is 77.8 cm³/mol. The Kier molecular flexibility index (Phi) is 5.22. The third kappa shape index (κ3) is 3.93. The average molecular weight is 267 g/mol. The average Bonchev–Trinajstić information content (AvgIpc) is 2.39. The molecule has 2 aliphatic heterocycles. The lowest BCUT2D eigenvalue weighted by Gasteiger charge is -2.38. The first-order chi connectivity index (χ1) is 9.08. The van der Waals surface area contributed by atoms with Crippen LogP contribution in [0.3, 0.4) is 0 Å². The molecule has 0 aliphatic carbocycles. The first-order valence-corrected chi connectivity index (χ1v) is 7.85. The van der Waals surface area contributed by atoms with E-state index in [1.807, 2.05) is 0 Å². The van der Waals surface area contributed by atoms with Gasteiger partial charge in [-0.25, -0.2) is 0 Å². The molecule has 0 bridgehead atoms. The lowest BCUT2D eigenvalue weighted by Crippen LogP contribution is -2.50. The van der Waals surface area contributed by atoms with Crippen molar-refractivity contribution in [3.63, 3.8) is 0 Å². The van der Waals surface area contributed by atoms with Crippen LogP contribution in [0.15, 0.2) is 0 Å². The van der Waals surface area contributed by atoms with Crippen LogP contribution in [0.5, 0.6) is 0 Å². The highest BCUT2D eigenvalue weighted by atomic mass is 16.2. The van der Waals surface area contributed by atoms with Crippen LogP contribution in [-0.4, -0.2) is 54.0 Å². The zero-order valence-corrected chi connectivity index (χ0v) is 12.5. The fourth-order valence-corrected chi connectivity index (χ4v) is 3.41. The van der Waals surface area contributed by atoms with Gasteiger partial charge in [-0.15, -0.1) is 0 Å². The van der Waals surface area contributed by atoms with E-state index >= 15 is 0 Å². The van der Waals surface area contributed by atoms with Gasteiger partial charge in [0.1, 0.15) is 0 Å². The van der Waals surface area contributed by atoms with Crippen LogP contribution in [0.2, 0.25) is 0 Å². The Morgan fingerprint density at radius 1 is 1.26 bits per heavy atom. The normalized spacial score (nSPS) is 31.2. The second kappa shape index (κ2) is 6.71. The van der Waals surface area contributed by atoms with Crippen molar-refractivity contribution in [2.75, 3.05) is 26.2 Å². The molecule has 0 aromatic heterocycles. The van der Waals surface area contributed by atoms with Crippen molar-refractivity contribution in [2.24, 2.45) is 11.7 Å². The molecule has 110 valence electrons. The van der Waals surface area contributed by atoms with E-state index in [1.165, 1.54) is 25.7 Å². The van der Waals surface area contributed by atoms with Crippen LogP contribution < -0.4 is 5.73 Å². The Bertz CT molecular complexity index is 306. The lowest BCUT2D eigenvalue weighted by atomic mass is 9.92. The minimum atomic E-state index is 0.242. The number of carbonyl (C=O) groups excluding carboxylic acids is 1. The monoisotopic (exact) mass is 267 g/mol. The molecule has 0 aromatic carbocycles. The number of amides is 1. The summed E-state index contributed by atoms with van der Waals surface area (Å²) < 4.78 is 0. The van der Waals surface area contributed by atoms with Crippen LogP contribution in [0.4, 0.5) is 0 Å². The molecule has 0 aromatic rings. The Morgan fingerprint density at radius 2 is 2.05 bits per heavy atom. The molecule has 4 heteroatoms. The maximum Gasteiger partial charge on any atom is 0.236 e. The van der Waals surface area contributed by atoms with Crippen molar-refractivity contribution in [3.05, 3.63) is 0 Å². The van der Waals surface area contributed by atoms with E-state index in [2.05, 4.69) is 23.6 Å². The molecule has 4 nitrogen and oxygen atoms in total. The van der Waals surface area contributed by atoms with Gasteiger partial charge in [0.25, 0.3) is 0 Å². The predicted octanol–water partition coefficient (Wildman–Crippen LogP) is 1.45. The molecule has 3 atom stereocenters. The van der Waals surface area contributed by atoms with Gasteiger partial charge in [0.2, 0.25) is 5.91 Å². The van der Waals surface area contributed by atoms with Gasteiger partial charge >= 0.3 is 0 Å². The zero-order chi connectivity index (χ0) is 13.8. The van der Waals surface area contributed by atoms with Crippen molar-refractivity contribution in [1.29, 1.82) is 0 Å². The summed E-state index contributed by atoms with van der Waals surface area (Å²) in [7, 11) is 0. The van der Waals surface area contributed by atoms with Gasteiger partial charge in [0.15, 0.2) is 0 Å². The van der Waals surface area contributed by atoms with Gasteiger partial charge in [-0.2, -0.15) is 0 Å². The molecule has 0 spiro atoms. The van der Waals surface area contributed by atoms with Crippen molar-refractivity contribution < 1.29 is 4.79 Å². The molecule has 0 radical (unpaired) electrons. The fraction of sp³-hybridized carbons (Fsp3) is 0.933. The quantitative estimate of drug-likeness (QED) is 0.842. The Labute approximate surface area is 117 Å².